The lowest BCUT2D eigenvalue weighted by molar-refractivity contribution is -0.141. The molecule has 3 aliphatic rings. The number of carbonyl (C=O) groups excluding carboxylic acids is 4. The Morgan fingerprint density at radius 2 is 1.60 bits per heavy atom. The Morgan fingerprint density at radius 3 is 2.23 bits per heavy atom. The second-order valence-corrected chi connectivity index (χ2v) is 8.44. The van der Waals surface area contributed by atoms with Gasteiger partial charge in [-0.1, -0.05) is 32.1 Å². The SMILES string of the molecule is N[C@H](NC(=O)C1(NC(=O)N2CCOCC2)CCCCC1)C(=O)C(=O)NC1CCCC1. The van der Waals surface area contributed by atoms with Crippen LogP contribution in [0.5, 0.6) is 0 Å². The number of rotatable bonds is 6. The van der Waals surface area contributed by atoms with E-state index in [1.165, 1.54) is 0 Å². The van der Waals surface area contributed by atoms with Crippen molar-refractivity contribution in [3.05, 3.63) is 0 Å². The molecule has 3 fully saturated rings. The summed E-state index contributed by atoms with van der Waals surface area (Å²) in [4.78, 5) is 52.0. The lowest BCUT2D eigenvalue weighted by atomic mass is 9.80. The number of morpholine rings is 1. The van der Waals surface area contributed by atoms with Crippen LogP contribution in [0.1, 0.15) is 57.8 Å². The first-order valence-electron chi connectivity index (χ1n) is 11.0. The molecule has 10 nitrogen and oxygen atoms in total. The molecule has 0 aromatic rings. The van der Waals surface area contributed by atoms with Crippen molar-refractivity contribution in [2.45, 2.75) is 75.5 Å². The third-order valence-electron chi connectivity index (χ3n) is 6.27. The average molecular weight is 424 g/mol. The van der Waals surface area contributed by atoms with Crippen LogP contribution >= 0.6 is 0 Å². The van der Waals surface area contributed by atoms with Crippen LogP contribution in [0.3, 0.4) is 0 Å². The van der Waals surface area contributed by atoms with E-state index in [-0.39, 0.29) is 12.1 Å². The highest BCUT2D eigenvalue weighted by Gasteiger charge is 2.43. The quantitative estimate of drug-likeness (QED) is 0.343. The Bertz CT molecular complexity index is 652. The molecule has 1 heterocycles. The number of ether oxygens (including phenoxy) is 1. The zero-order valence-electron chi connectivity index (χ0n) is 17.4. The topological polar surface area (TPSA) is 143 Å². The van der Waals surface area contributed by atoms with Crippen molar-refractivity contribution in [2.75, 3.05) is 26.3 Å². The number of nitrogens with two attached hydrogens (primary N) is 1. The molecule has 0 radical (unpaired) electrons. The van der Waals surface area contributed by atoms with Crippen molar-refractivity contribution >= 4 is 23.6 Å². The number of nitrogens with zero attached hydrogens (tertiary/aromatic N) is 1. The van der Waals surface area contributed by atoms with Gasteiger partial charge in [0.05, 0.1) is 13.2 Å². The molecular weight excluding hydrogens is 390 g/mol. The molecular formula is C20H33N5O5. The minimum atomic E-state index is -1.45. The second-order valence-electron chi connectivity index (χ2n) is 8.44. The molecule has 0 unspecified atom stereocenters. The van der Waals surface area contributed by atoms with Crippen LogP contribution in [0.2, 0.25) is 0 Å². The number of nitrogens with one attached hydrogen (secondary N) is 3. The zero-order chi connectivity index (χ0) is 21.6. The van der Waals surface area contributed by atoms with E-state index in [2.05, 4.69) is 16.0 Å². The van der Waals surface area contributed by atoms with E-state index in [4.69, 9.17) is 10.5 Å². The second kappa shape index (κ2) is 10.2. The molecule has 0 bridgehead atoms. The molecule has 0 aromatic heterocycles. The third-order valence-corrected chi connectivity index (χ3v) is 6.27. The number of hydrogen-bond acceptors (Lipinski definition) is 6. The molecule has 2 saturated carbocycles. The van der Waals surface area contributed by atoms with Gasteiger partial charge in [0.25, 0.3) is 11.7 Å². The summed E-state index contributed by atoms with van der Waals surface area (Å²) in [7, 11) is 0. The monoisotopic (exact) mass is 423 g/mol. The predicted molar refractivity (Wildman–Crippen MR) is 108 cm³/mol. The van der Waals surface area contributed by atoms with E-state index < -0.39 is 29.3 Å². The van der Waals surface area contributed by atoms with Gasteiger partial charge in [-0.2, -0.15) is 0 Å². The lowest BCUT2D eigenvalue weighted by Gasteiger charge is -2.39. The van der Waals surface area contributed by atoms with Gasteiger partial charge in [0.1, 0.15) is 11.7 Å². The van der Waals surface area contributed by atoms with E-state index in [1.54, 1.807) is 4.90 Å². The highest BCUT2D eigenvalue weighted by Crippen LogP contribution is 2.29. The van der Waals surface area contributed by atoms with Crippen molar-refractivity contribution in [2.24, 2.45) is 5.73 Å². The molecule has 1 aliphatic heterocycles. The van der Waals surface area contributed by atoms with Crippen LogP contribution in [0.25, 0.3) is 0 Å². The zero-order valence-corrected chi connectivity index (χ0v) is 17.4. The van der Waals surface area contributed by atoms with Gasteiger partial charge in [-0.3, -0.25) is 14.4 Å². The Balaban J connectivity index is 1.60. The summed E-state index contributed by atoms with van der Waals surface area (Å²) in [5.74, 6) is -2.16. The maximum absolute atomic E-state index is 13.1. The van der Waals surface area contributed by atoms with Gasteiger partial charge in [0, 0.05) is 19.1 Å². The summed E-state index contributed by atoms with van der Waals surface area (Å²) in [6, 6.07) is -0.337. The molecule has 1 saturated heterocycles. The smallest absolute Gasteiger partial charge is 0.318 e. The van der Waals surface area contributed by atoms with Crippen LogP contribution in [-0.2, 0) is 19.1 Å². The molecule has 168 valence electrons. The van der Waals surface area contributed by atoms with E-state index in [9.17, 15) is 19.2 Å². The molecule has 4 amide bonds. The number of hydrogen-bond donors (Lipinski definition) is 4. The van der Waals surface area contributed by atoms with E-state index in [0.29, 0.717) is 39.1 Å². The Labute approximate surface area is 176 Å². The summed E-state index contributed by atoms with van der Waals surface area (Å²) >= 11 is 0. The molecule has 0 spiro atoms. The van der Waals surface area contributed by atoms with Crippen LogP contribution in [0.15, 0.2) is 0 Å². The van der Waals surface area contributed by atoms with Crippen molar-refractivity contribution in [3.8, 4) is 0 Å². The fourth-order valence-electron chi connectivity index (χ4n) is 4.43. The first-order valence-corrected chi connectivity index (χ1v) is 11.0. The fraction of sp³-hybridized carbons (Fsp3) is 0.800. The Kier molecular flexibility index (Phi) is 7.65. The number of urea groups is 1. The van der Waals surface area contributed by atoms with E-state index in [1.807, 2.05) is 0 Å². The minimum Gasteiger partial charge on any atom is -0.378 e. The number of amides is 4. The Morgan fingerprint density at radius 1 is 0.967 bits per heavy atom. The number of ketones is 1. The molecule has 5 N–H and O–H groups in total. The first kappa shape index (κ1) is 22.5. The fourth-order valence-corrected chi connectivity index (χ4v) is 4.43. The van der Waals surface area contributed by atoms with Gasteiger partial charge in [0.15, 0.2) is 0 Å². The molecule has 3 rings (SSSR count). The molecule has 0 aromatic carbocycles. The predicted octanol–water partition coefficient (Wildman–Crippen LogP) is -0.240. The summed E-state index contributed by atoms with van der Waals surface area (Å²) in [5.41, 5.74) is 4.72. The standard InChI is InChI=1S/C20H33N5O5/c21-16(15(26)17(27)22-14-6-2-3-7-14)23-18(28)20(8-4-1-5-9-20)24-19(29)25-10-12-30-13-11-25/h14,16H,1-13,21H2,(H,22,27)(H,23,28)(H,24,29)/t16-/m1/s1. The Hall–Kier alpha value is -2.20. The van der Waals surface area contributed by atoms with Gasteiger partial charge in [-0.15, -0.1) is 0 Å². The minimum absolute atomic E-state index is 0.0122. The highest BCUT2D eigenvalue weighted by atomic mass is 16.5. The summed E-state index contributed by atoms with van der Waals surface area (Å²) < 4.78 is 5.27. The normalized spacial score (nSPS) is 22.8. The molecule has 1 atom stereocenters. The summed E-state index contributed by atoms with van der Waals surface area (Å²) in [6.45, 7) is 1.84. The van der Waals surface area contributed by atoms with Crippen molar-refractivity contribution in [3.63, 3.8) is 0 Å². The highest BCUT2D eigenvalue weighted by molar-refractivity contribution is 6.38. The molecule has 10 heteroatoms. The van der Waals surface area contributed by atoms with Crippen LogP contribution < -0.4 is 21.7 Å². The van der Waals surface area contributed by atoms with Gasteiger partial charge in [0.2, 0.25) is 5.91 Å². The first-order chi connectivity index (χ1) is 14.4. The van der Waals surface area contributed by atoms with E-state index >= 15 is 0 Å². The summed E-state index contributed by atoms with van der Waals surface area (Å²) in [5, 5.41) is 8.05. The summed E-state index contributed by atoms with van der Waals surface area (Å²) in [6.07, 6.45) is 5.74. The lowest BCUT2D eigenvalue weighted by Crippen LogP contribution is -2.66. The van der Waals surface area contributed by atoms with E-state index in [0.717, 1.165) is 44.9 Å². The third kappa shape index (κ3) is 5.48. The van der Waals surface area contributed by atoms with Gasteiger partial charge in [-0.25, -0.2) is 4.79 Å². The molecule has 2 aliphatic carbocycles. The van der Waals surface area contributed by atoms with Crippen LogP contribution in [0, 0.1) is 0 Å². The average Bonchev–Trinajstić information content (AvgIpc) is 3.27. The van der Waals surface area contributed by atoms with Crippen molar-refractivity contribution in [1.29, 1.82) is 0 Å². The number of carbonyl (C=O) groups is 4. The molecule has 30 heavy (non-hydrogen) atoms. The number of Topliss-reactive ketones (excluding diaryl/α,β-unsaturated/α-hetero) is 1. The van der Waals surface area contributed by atoms with Crippen LogP contribution in [0.4, 0.5) is 4.79 Å². The van der Waals surface area contributed by atoms with Crippen LogP contribution in [-0.4, -0.2) is 72.6 Å². The maximum Gasteiger partial charge on any atom is 0.318 e. The van der Waals surface area contributed by atoms with Gasteiger partial charge < -0.3 is 31.3 Å². The maximum atomic E-state index is 13.1. The van der Waals surface area contributed by atoms with Crippen molar-refractivity contribution in [1.82, 2.24) is 20.9 Å². The van der Waals surface area contributed by atoms with Crippen molar-refractivity contribution < 1.29 is 23.9 Å². The van der Waals surface area contributed by atoms with Gasteiger partial charge >= 0.3 is 6.03 Å². The van der Waals surface area contributed by atoms with Gasteiger partial charge in [-0.05, 0) is 25.7 Å². The largest absolute Gasteiger partial charge is 0.378 e.